The van der Waals surface area contributed by atoms with Crippen molar-refractivity contribution < 1.29 is 38.7 Å². The van der Waals surface area contributed by atoms with Crippen LogP contribution in [-0.2, 0) is 41.6 Å². The first-order valence-corrected chi connectivity index (χ1v) is 19.9. The fourth-order valence-corrected chi connectivity index (χ4v) is 6.14. The number of anilines is 2. The van der Waals surface area contributed by atoms with Crippen LogP contribution in [0.15, 0.2) is 109 Å². The van der Waals surface area contributed by atoms with Gasteiger partial charge in [0, 0.05) is 49.2 Å². The van der Waals surface area contributed by atoms with Crippen molar-refractivity contribution in [3.05, 3.63) is 132 Å². The van der Waals surface area contributed by atoms with Crippen molar-refractivity contribution in [3.8, 4) is 0 Å². The predicted octanol–water partition coefficient (Wildman–Crippen LogP) is 4.01. The molecule has 4 aromatic rings. The van der Waals surface area contributed by atoms with Crippen LogP contribution in [0.2, 0.25) is 0 Å². The molecule has 0 spiro atoms. The smallest absolute Gasteiger partial charge is 0.323 e. The molecule has 16 nitrogen and oxygen atoms in total. The number of aryl methyl sites for hydroxylation is 1. The Bertz CT molecular complexity index is 2130. The number of nitrogens with one attached hydrogen (secondary N) is 6. The van der Waals surface area contributed by atoms with Crippen LogP contribution in [0, 0.1) is 6.92 Å². The zero-order chi connectivity index (χ0) is 44.0. The van der Waals surface area contributed by atoms with Gasteiger partial charge in [-0.25, -0.2) is 4.79 Å². The largest absolute Gasteiger partial charge is 0.481 e. The third-order valence-corrected chi connectivity index (χ3v) is 9.41. The van der Waals surface area contributed by atoms with E-state index in [0.717, 1.165) is 16.7 Å². The Morgan fingerprint density at radius 3 is 2.07 bits per heavy atom. The van der Waals surface area contributed by atoms with Gasteiger partial charge in [0.1, 0.15) is 18.1 Å². The van der Waals surface area contributed by atoms with Gasteiger partial charge in [-0.3, -0.25) is 33.8 Å². The zero-order valence-corrected chi connectivity index (χ0v) is 33.9. The van der Waals surface area contributed by atoms with E-state index in [0.29, 0.717) is 29.8 Å². The molecule has 0 bridgehead atoms. The highest BCUT2D eigenvalue weighted by molar-refractivity contribution is 6.00. The van der Waals surface area contributed by atoms with Crippen LogP contribution in [0.4, 0.5) is 16.2 Å². The quantitative estimate of drug-likeness (QED) is 0.0397. The summed E-state index contributed by atoms with van der Waals surface area (Å²) in [6.45, 7) is 2.15. The minimum absolute atomic E-state index is 0.0258. The van der Waals surface area contributed by atoms with Crippen LogP contribution < -0.4 is 37.6 Å². The maximum atomic E-state index is 13.9. The van der Waals surface area contributed by atoms with Gasteiger partial charge in [-0.1, -0.05) is 66.7 Å². The molecule has 0 saturated carbocycles. The molecule has 0 aliphatic heterocycles. The number of aromatic nitrogens is 1. The van der Waals surface area contributed by atoms with Gasteiger partial charge < -0.3 is 42.7 Å². The number of para-hydroxylation sites is 1. The first-order valence-electron chi connectivity index (χ1n) is 19.9. The Balaban J connectivity index is 1.42. The molecule has 4 rings (SSSR count). The number of primary amides is 1. The van der Waals surface area contributed by atoms with Gasteiger partial charge in [0.25, 0.3) is 0 Å². The van der Waals surface area contributed by atoms with E-state index in [-0.39, 0.29) is 51.0 Å². The summed E-state index contributed by atoms with van der Waals surface area (Å²) >= 11 is 0. The van der Waals surface area contributed by atoms with E-state index >= 15 is 0 Å². The third kappa shape index (κ3) is 17.2. The Hall–Kier alpha value is -7.36. The van der Waals surface area contributed by atoms with Gasteiger partial charge in [-0.15, -0.1) is 0 Å². The minimum Gasteiger partial charge on any atom is -0.481 e. The second-order valence-electron chi connectivity index (χ2n) is 14.3. The molecule has 320 valence electrons. The summed E-state index contributed by atoms with van der Waals surface area (Å²) in [5, 5.41) is 25.6. The lowest BCUT2D eigenvalue weighted by atomic mass is 10.0. The Kier molecular flexibility index (Phi) is 18.6. The van der Waals surface area contributed by atoms with Gasteiger partial charge in [0.05, 0.1) is 6.42 Å². The van der Waals surface area contributed by atoms with Crippen molar-refractivity contribution in [3.63, 3.8) is 0 Å². The normalized spacial score (nSPS) is 12.3. The molecule has 0 radical (unpaired) electrons. The number of nitrogens with two attached hydrogens (primary N) is 1. The molecular weight excluding hydrogens is 781 g/mol. The maximum Gasteiger partial charge on any atom is 0.323 e. The molecule has 16 heteroatoms. The first-order chi connectivity index (χ1) is 29.4. The van der Waals surface area contributed by atoms with E-state index in [1.807, 2.05) is 25.1 Å². The molecule has 3 atom stereocenters. The van der Waals surface area contributed by atoms with E-state index in [4.69, 9.17) is 5.73 Å². The monoisotopic (exact) mass is 832 g/mol. The number of aliphatic carboxylic acids is 1. The highest BCUT2D eigenvalue weighted by atomic mass is 16.4. The van der Waals surface area contributed by atoms with Crippen LogP contribution in [0.1, 0.15) is 60.8 Å². The molecule has 0 unspecified atom stereocenters. The number of nitrogens with zero attached hydrogens (tertiary/aromatic N) is 1. The summed E-state index contributed by atoms with van der Waals surface area (Å²) in [7, 11) is 0. The van der Waals surface area contributed by atoms with Gasteiger partial charge in [-0.05, 0) is 91.6 Å². The van der Waals surface area contributed by atoms with Crippen LogP contribution >= 0.6 is 0 Å². The fourth-order valence-electron chi connectivity index (χ4n) is 6.14. The standard InChI is InChI=1S/C45H52N8O8/c1-30-11-5-6-15-35(30)53-45(61)49-34-22-19-32(20-23-34)28-40(55)50-36(16-7-8-26-48-39(54)24-21-33-14-10-25-47-29-33)43(59)51-37(17-9-18-41(56)57)44(60)52-38(42(46)58)27-31-12-3-2-4-13-31/h2-6,10-15,19-25,29,36-38H,7-9,16-18,26-28H2,1H3,(H2,46,58)(H,48,54)(H,50,55)(H,51,59)(H,52,60)(H,56,57)(H2,49,53,61)/b24-21+/t36-,37-,38+/m0/s1. The van der Waals surface area contributed by atoms with Gasteiger partial charge in [0.15, 0.2) is 0 Å². The molecule has 0 saturated heterocycles. The van der Waals surface area contributed by atoms with Crippen molar-refractivity contribution >= 4 is 59.0 Å². The summed E-state index contributed by atoms with van der Waals surface area (Å²) in [6, 6.07) is 22.4. The van der Waals surface area contributed by atoms with E-state index < -0.39 is 53.8 Å². The minimum atomic E-state index is -1.27. The van der Waals surface area contributed by atoms with Gasteiger partial charge in [-0.2, -0.15) is 0 Å². The van der Waals surface area contributed by atoms with E-state index in [1.54, 1.807) is 91.3 Å². The molecule has 61 heavy (non-hydrogen) atoms. The Morgan fingerprint density at radius 1 is 0.721 bits per heavy atom. The molecule has 0 fully saturated rings. The van der Waals surface area contributed by atoms with E-state index in [1.165, 1.54) is 6.08 Å². The number of carboxylic acid groups (broad SMARTS) is 1. The lowest BCUT2D eigenvalue weighted by Gasteiger charge is -2.25. The average Bonchev–Trinajstić information content (AvgIpc) is 3.23. The number of benzene rings is 3. The first kappa shape index (κ1) is 46.3. The number of amides is 7. The number of pyridine rings is 1. The van der Waals surface area contributed by atoms with Crippen molar-refractivity contribution in [1.29, 1.82) is 0 Å². The number of hydrogen-bond donors (Lipinski definition) is 8. The Labute approximate surface area is 354 Å². The van der Waals surface area contributed by atoms with Crippen LogP contribution in [-0.4, -0.2) is 76.3 Å². The maximum absolute atomic E-state index is 13.9. The van der Waals surface area contributed by atoms with E-state index in [9.17, 15) is 38.7 Å². The highest BCUT2D eigenvalue weighted by Gasteiger charge is 2.29. The third-order valence-electron chi connectivity index (χ3n) is 9.41. The predicted molar refractivity (Wildman–Crippen MR) is 231 cm³/mol. The molecular formula is C45H52N8O8. The summed E-state index contributed by atoms with van der Waals surface area (Å²) in [5.41, 5.74) is 9.75. The van der Waals surface area contributed by atoms with Crippen LogP contribution in [0.5, 0.6) is 0 Å². The second kappa shape index (κ2) is 24.5. The summed E-state index contributed by atoms with van der Waals surface area (Å²) < 4.78 is 0. The molecule has 0 aliphatic rings. The fraction of sp³-hybridized carbons (Fsp3) is 0.289. The van der Waals surface area contributed by atoms with E-state index in [2.05, 4.69) is 36.9 Å². The topological polar surface area (TPSA) is 251 Å². The number of urea groups is 1. The van der Waals surface area contributed by atoms with Crippen molar-refractivity contribution in [1.82, 2.24) is 26.3 Å². The summed E-state index contributed by atoms with van der Waals surface area (Å²) in [5.74, 6) is -4.17. The SMILES string of the molecule is Cc1ccccc1NC(=O)Nc1ccc(CC(=O)N[C@@H](CCCCNC(=O)/C=C/c2cccnc2)C(=O)N[C@@H](CCCC(=O)O)C(=O)N[C@H](Cc2ccccc2)C(N)=O)cc1. The van der Waals surface area contributed by atoms with Crippen molar-refractivity contribution in [2.75, 3.05) is 17.2 Å². The van der Waals surface area contributed by atoms with Crippen molar-refractivity contribution in [2.45, 2.75) is 76.4 Å². The number of hydrogen-bond acceptors (Lipinski definition) is 8. The number of carbonyl (C=O) groups excluding carboxylic acids is 6. The molecule has 1 heterocycles. The second-order valence-corrected chi connectivity index (χ2v) is 14.3. The lowest BCUT2D eigenvalue weighted by Crippen LogP contribution is -2.56. The van der Waals surface area contributed by atoms with Crippen LogP contribution in [0.3, 0.4) is 0 Å². The number of unbranched alkanes of at least 4 members (excludes halogenated alkanes) is 1. The van der Waals surface area contributed by atoms with Crippen LogP contribution in [0.25, 0.3) is 6.08 Å². The number of carboxylic acids is 1. The van der Waals surface area contributed by atoms with Gasteiger partial charge in [0.2, 0.25) is 29.5 Å². The van der Waals surface area contributed by atoms with Gasteiger partial charge >= 0.3 is 12.0 Å². The highest BCUT2D eigenvalue weighted by Crippen LogP contribution is 2.16. The summed E-state index contributed by atoms with van der Waals surface area (Å²) in [6.07, 6.45) is 6.83. The molecule has 9 N–H and O–H groups in total. The summed E-state index contributed by atoms with van der Waals surface area (Å²) in [4.78, 5) is 93.6. The number of carbonyl (C=O) groups is 7. The molecule has 1 aromatic heterocycles. The lowest BCUT2D eigenvalue weighted by molar-refractivity contribution is -0.137. The molecule has 7 amide bonds. The molecule has 3 aromatic carbocycles. The molecule has 0 aliphatic carbocycles. The average molecular weight is 833 g/mol. The zero-order valence-electron chi connectivity index (χ0n) is 33.9. The Morgan fingerprint density at radius 2 is 1.39 bits per heavy atom. The number of rotatable bonds is 23. The van der Waals surface area contributed by atoms with Crippen molar-refractivity contribution in [2.24, 2.45) is 5.73 Å².